The van der Waals surface area contributed by atoms with Crippen LogP contribution < -0.4 is 0 Å². The number of carbonyl (C=O) groups is 2. The number of rotatable bonds is 9. The van der Waals surface area contributed by atoms with Gasteiger partial charge in [-0.1, -0.05) is 42.5 Å². The molecule has 0 fully saturated rings. The van der Waals surface area contributed by atoms with E-state index in [2.05, 4.69) is 0 Å². The van der Waals surface area contributed by atoms with Gasteiger partial charge in [0.05, 0.1) is 22.0 Å². The van der Waals surface area contributed by atoms with Gasteiger partial charge in [0.1, 0.15) is 5.60 Å². The highest BCUT2D eigenvalue weighted by molar-refractivity contribution is 7.91. The highest BCUT2D eigenvalue weighted by Gasteiger charge is 2.27. The molecule has 0 aliphatic rings. The third kappa shape index (κ3) is 7.68. The van der Waals surface area contributed by atoms with Crippen LogP contribution in [0.15, 0.2) is 88.7 Å². The van der Waals surface area contributed by atoms with Crippen molar-refractivity contribution in [3.05, 3.63) is 95.6 Å². The van der Waals surface area contributed by atoms with Crippen LogP contribution in [0.4, 0.5) is 4.79 Å². The molecular formula is C30H35NO6S. The van der Waals surface area contributed by atoms with Crippen molar-refractivity contribution in [2.75, 3.05) is 6.61 Å². The van der Waals surface area contributed by atoms with E-state index in [4.69, 9.17) is 9.47 Å². The Morgan fingerprint density at radius 2 is 1.39 bits per heavy atom. The average molecular weight is 538 g/mol. The summed E-state index contributed by atoms with van der Waals surface area (Å²) in [5.41, 5.74) is 1.53. The minimum absolute atomic E-state index is 0.0885. The van der Waals surface area contributed by atoms with Crippen molar-refractivity contribution in [2.24, 2.45) is 0 Å². The fourth-order valence-electron chi connectivity index (χ4n) is 3.88. The van der Waals surface area contributed by atoms with Gasteiger partial charge >= 0.3 is 12.1 Å². The van der Waals surface area contributed by atoms with Crippen LogP contribution in [-0.2, 0) is 32.3 Å². The summed E-state index contributed by atoms with van der Waals surface area (Å²) in [5.74, 6) is -0.498. The second-order valence-electron chi connectivity index (χ2n) is 10.0. The Labute approximate surface area is 225 Å². The SMILES string of the molecule is CCOC(=O)c1ccc(S(=O)(=O)c2ccc(C[C@@H](C)N(Cc3ccccc3)C(=O)OC(C)(C)C)cc2)cc1. The summed E-state index contributed by atoms with van der Waals surface area (Å²) in [5, 5.41) is 0. The van der Waals surface area contributed by atoms with Gasteiger partial charge in [-0.3, -0.25) is 0 Å². The molecule has 202 valence electrons. The minimum Gasteiger partial charge on any atom is -0.462 e. The standard InChI is InChI=1S/C30H35NO6S/c1-6-36-28(32)25-14-18-27(19-15-25)38(34,35)26-16-12-23(13-17-26)20-22(2)31(29(33)37-30(3,4)5)21-24-10-8-7-9-11-24/h7-19,22H,6,20-21H2,1-5H3/t22-/m1/s1. The van der Waals surface area contributed by atoms with Crippen LogP contribution in [0, 0.1) is 0 Å². The summed E-state index contributed by atoms with van der Waals surface area (Å²) in [4.78, 5) is 26.8. The zero-order valence-corrected chi connectivity index (χ0v) is 23.3. The number of sulfone groups is 1. The lowest BCUT2D eigenvalue weighted by atomic mass is 10.1. The summed E-state index contributed by atoms with van der Waals surface area (Å²) in [7, 11) is -3.77. The predicted octanol–water partition coefficient (Wildman–Crippen LogP) is 6.06. The summed E-state index contributed by atoms with van der Waals surface area (Å²) in [6.45, 7) is 9.79. The number of hydrogen-bond donors (Lipinski definition) is 0. The molecule has 0 saturated carbocycles. The number of amides is 1. The highest BCUT2D eigenvalue weighted by atomic mass is 32.2. The van der Waals surface area contributed by atoms with E-state index in [1.54, 1.807) is 36.1 Å². The minimum atomic E-state index is -3.77. The molecule has 1 atom stereocenters. The Morgan fingerprint density at radius 1 is 0.842 bits per heavy atom. The topological polar surface area (TPSA) is 90.0 Å². The Hall–Kier alpha value is -3.65. The van der Waals surface area contributed by atoms with E-state index in [9.17, 15) is 18.0 Å². The molecule has 38 heavy (non-hydrogen) atoms. The molecule has 0 saturated heterocycles. The third-order valence-corrected chi connectivity index (χ3v) is 7.58. The van der Waals surface area contributed by atoms with Gasteiger partial charge in [0.25, 0.3) is 0 Å². The van der Waals surface area contributed by atoms with E-state index in [0.717, 1.165) is 11.1 Å². The second kappa shape index (κ2) is 12.3. The summed E-state index contributed by atoms with van der Waals surface area (Å²) in [6, 6.07) is 21.8. The van der Waals surface area contributed by atoms with E-state index < -0.39 is 27.5 Å². The molecule has 1 amide bonds. The quantitative estimate of drug-likeness (QED) is 0.308. The maximum Gasteiger partial charge on any atom is 0.410 e. The predicted molar refractivity (Wildman–Crippen MR) is 146 cm³/mol. The van der Waals surface area contributed by atoms with Crippen molar-refractivity contribution in [1.82, 2.24) is 4.90 Å². The van der Waals surface area contributed by atoms with Crippen molar-refractivity contribution >= 4 is 21.9 Å². The van der Waals surface area contributed by atoms with Gasteiger partial charge in [0.15, 0.2) is 0 Å². The summed E-state index contributed by atoms with van der Waals surface area (Å²) < 4.78 is 36.9. The molecule has 3 rings (SSSR count). The lowest BCUT2D eigenvalue weighted by Gasteiger charge is -2.32. The van der Waals surface area contributed by atoms with Crippen LogP contribution in [0.1, 0.15) is 56.1 Å². The molecule has 0 unspecified atom stereocenters. The third-order valence-electron chi connectivity index (χ3n) is 5.80. The molecule has 0 N–H and O–H groups in total. The summed E-state index contributed by atoms with van der Waals surface area (Å²) >= 11 is 0. The molecule has 8 heteroatoms. The first kappa shape index (κ1) is 28.9. The molecule has 7 nitrogen and oxygen atoms in total. The zero-order valence-electron chi connectivity index (χ0n) is 22.5. The van der Waals surface area contributed by atoms with Crippen molar-refractivity contribution in [3.8, 4) is 0 Å². The van der Waals surface area contributed by atoms with Crippen molar-refractivity contribution in [3.63, 3.8) is 0 Å². The van der Waals surface area contributed by atoms with Crippen molar-refractivity contribution in [1.29, 1.82) is 0 Å². The van der Waals surface area contributed by atoms with Crippen LogP contribution in [0.3, 0.4) is 0 Å². The van der Waals surface area contributed by atoms with E-state index >= 15 is 0 Å². The molecule has 3 aromatic carbocycles. The average Bonchev–Trinajstić information content (AvgIpc) is 2.87. The van der Waals surface area contributed by atoms with Gasteiger partial charge in [0.2, 0.25) is 9.84 Å². The monoisotopic (exact) mass is 537 g/mol. The summed E-state index contributed by atoms with van der Waals surface area (Å²) in [6.07, 6.45) is 0.111. The number of hydrogen-bond acceptors (Lipinski definition) is 6. The highest BCUT2D eigenvalue weighted by Crippen LogP contribution is 2.23. The maximum absolute atomic E-state index is 13.1. The largest absolute Gasteiger partial charge is 0.462 e. The first-order chi connectivity index (χ1) is 17.9. The van der Waals surface area contributed by atoms with Crippen LogP contribution in [-0.4, -0.2) is 43.6 Å². The smallest absolute Gasteiger partial charge is 0.410 e. The number of ether oxygens (including phenoxy) is 2. The van der Waals surface area contributed by atoms with Crippen molar-refractivity contribution < 1.29 is 27.5 Å². The van der Waals surface area contributed by atoms with Crippen molar-refractivity contribution in [2.45, 2.75) is 69.0 Å². The molecule has 0 radical (unpaired) electrons. The fourth-order valence-corrected chi connectivity index (χ4v) is 5.14. The number of carbonyl (C=O) groups excluding carboxylic acids is 2. The van der Waals surface area contributed by atoms with E-state index in [-0.39, 0.29) is 22.4 Å². The lowest BCUT2D eigenvalue weighted by molar-refractivity contribution is 0.0156. The molecule has 0 aromatic heterocycles. The van der Waals surface area contributed by atoms with Gasteiger partial charge < -0.3 is 14.4 Å². The molecule has 3 aromatic rings. The van der Waals surface area contributed by atoms with Gasteiger partial charge in [0, 0.05) is 12.6 Å². The first-order valence-corrected chi connectivity index (χ1v) is 14.0. The van der Waals surface area contributed by atoms with E-state index in [0.29, 0.717) is 18.5 Å². The van der Waals surface area contributed by atoms with Crippen LogP contribution in [0.2, 0.25) is 0 Å². The fraction of sp³-hybridized carbons (Fsp3) is 0.333. The second-order valence-corrected chi connectivity index (χ2v) is 12.0. The van der Waals surface area contributed by atoms with E-state index in [1.165, 1.54) is 24.3 Å². The zero-order chi connectivity index (χ0) is 27.9. The lowest BCUT2D eigenvalue weighted by Crippen LogP contribution is -2.42. The van der Waals surface area contributed by atoms with Crippen LogP contribution in [0.5, 0.6) is 0 Å². The normalized spacial score (nSPS) is 12.4. The van der Waals surface area contributed by atoms with Crippen LogP contribution >= 0.6 is 0 Å². The number of benzene rings is 3. The molecule has 0 aliphatic heterocycles. The Kier molecular flexibility index (Phi) is 9.33. The molecule has 0 bridgehead atoms. The number of esters is 1. The van der Waals surface area contributed by atoms with E-state index in [1.807, 2.05) is 58.0 Å². The van der Waals surface area contributed by atoms with Gasteiger partial charge in [-0.15, -0.1) is 0 Å². The van der Waals surface area contributed by atoms with Gasteiger partial charge in [-0.25, -0.2) is 18.0 Å². The maximum atomic E-state index is 13.1. The van der Waals surface area contributed by atoms with Gasteiger partial charge in [-0.2, -0.15) is 0 Å². The molecular weight excluding hydrogens is 502 g/mol. The Morgan fingerprint density at radius 3 is 1.92 bits per heavy atom. The Bertz CT molecular complexity index is 1330. The molecule has 0 heterocycles. The number of nitrogens with zero attached hydrogens (tertiary/aromatic N) is 1. The van der Waals surface area contributed by atoms with Gasteiger partial charge in [-0.05, 0) is 88.6 Å². The van der Waals surface area contributed by atoms with Crippen LogP contribution in [0.25, 0.3) is 0 Å². The molecule has 0 aliphatic carbocycles. The molecule has 0 spiro atoms. The Balaban J connectivity index is 1.76. The first-order valence-electron chi connectivity index (χ1n) is 12.6.